The van der Waals surface area contributed by atoms with Crippen molar-refractivity contribution in [2.45, 2.75) is 46.1 Å². The molecule has 1 heterocycles. The molecule has 1 unspecified atom stereocenters. The zero-order chi connectivity index (χ0) is 10.9. The van der Waals surface area contributed by atoms with Gasteiger partial charge in [0.05, 0.1) is 11.8 Å². The second-order valence-corrected chi connectivity index (χ2v) is 4.85. The molecule has 0 saturated carbocycles. The minimum Gasteiger partial charge on any atom is -0.387 e. The number of hydrogen-bond donors (Lipinski definition) is 1. The topological polar surface area (TPSA) is 33.1 Å². The lowest BCUT2D eigenvalue weighted by Gasteiger charge is -2.21. The van der Waals surface area contributed by atoms with E-state index in [1.807, 2.05) is 12.3 Å². The van der Waals surface area contributed by atoms with Crippen molar-refractivity contribution in [3.05, 3.63) is 29.1 Å². The van der Waals surface area contributed by atoms with Crippen LogP contribution in [-0.2, 0) is 5.41 Å². The second kappa shape index (κ2) is 3.70. The molecule has 0 spiro atoms. The molecule has 78 valence electrons. The number of aromatic nitrogens is 1. The third-order valence-corrected chi connectivity index (χ3v) is 2.37. The Bertz CT molecular complexity index is 324. The standard InChI is InChI=1S/C12H19NO/c1-8-6-11(9(2)14)13-7-10(8)12(3,4)5/h6-7,9,14H,1-5H3. The first-order chi connectivity index (χ1) is 6.32. The molecule has 14 heavy (non-hydrogen) atoms. The molecule has 0 aliphatic heterocycles. The highest BCUT2D eigenvalue weighted by Gasteiger charge is 2.17. The summed E-state index contributed by atoms with van der Waals surface area (Å²) in [5, 5.41) is 9.38. The van der Waals surface area contributed by atoms with Crippen molar-refractivity contribution in [3.8, 4) is 0 Å². The number of aliphatic hydroxyl groups excluding tert-OH is 1. The third kappa shape index (κ3) is 2.32. The molecule has 0 aliphatic carbocycles. The minimum atomic E-state index is -0.484. The van der Waals surface area contributed by atoms with Crippen LogP contribution in [0.3, 0.4) is 0 Å². The maximum atomic E-state index is 9.38. The summed E-state index contributed by atoms with van der Waals surface area (Å²) in [5.74, 6) is 0. The van der Waals surface area contributed by atoms with Crippen molar-refractivity contribution < 1.29 is 5.11 Å². The number of aliphatic hydroxyl groups is 1. The van der Waals surface area contributed by atoms with Gasteiger partial charge in [-0.05, 0) is 36.5 Å². The first-order valence-corrected chi connectivity index (χ1v) is 4.97. The molecule has 0 fully saturated rings. The van der Waals surface area contributed by atoms with Crippen LogP contribution in [0.1, 0.15) is 50.6 Å². The average molecular weight is 193 g/mol. The molecule has 2 nitrogen and oxygen atoms in total. The SMILES string of the molecule is Cc1cc(C(C)O)ncc1C(C)(C)C. The van der Waals surface area contributed by atoms with Gasteiger partial charge < -0.3 is 5.11 Å². The van der Waals surface area contributed by atoms with E-state index < -0.39 is 6.10 Å². The van der Waals surface area contributed by atoms with Crippen molar-refractivity contribution in [1.29, 1.82) is 0 Å². The van der Waals surface area contributed by atoms with E-state index in [4.69, 9.17) is 0 Å². The fraction of sp³-hybridized carbons (Fsp3) is 0.583. The van der Waals surface area contributed by atoms with Crippen molar-refractivity contribution in [1.82, 2.24) is 4.98 Å². The molecule has 0 saturated heterocycles. The lowest BCUT2D eigenvalue weighted by Crippen LogP contribution is -2.14. The van der Waals surface area contributed by atoms with Crippen LogP contribution >= 0.6 is 0 Å². The van der Waals surface area contributed by atoms with Gasteiger partial charge in [0.25, 0.3) is 0 Å². The van der Waals surface area contributed by atoms with Crippen molar-refractivity contribution >= 4 is 0 Å². The highest BCUT2D eigenvalue weighted by atomic mass is 16.3. The Balaban J connectivity index is 3.15. The molecule has 0 bridgehead atoms. The molecule has 1 aromatic rings. The van der Waals surface area contributed by atoms with Gasteiger partial charge in [0, 0.05) is 6.20 Å². The molecule has 1 N–H and O–H groups in total. The Morgan fingerprint density at radius 2 is 1.93 bits per heavy atom. The van der Waals surface area contributed by atoms with Crippen molar-refractivity contribution in [2.24, 2.45) is 0 Å². The van der Waals surface area contributed by atoms with Crippen LogP contribution in [0.5, 0.6) is 0 Å². The monoisotopic (exact) mass is 193 g/mol. The zero-order valence-corrected chi connectivity index (χ0v) is 9.63. The average Bonchev–Trinajstić information content (AvgIpc) is 2.01. The van der Waals surface area contributed by atoms with Crippen molar-refractivity contribution in [2.75, 3.05) is 0 Å². The molecule has 1 aromatic heterocycles. The fourth-order valence-electron chi connectivity index (χ4n) is 1.59. The summed E-state index contributed by atoms with van der Waals surface area (Å²) in [5.41, 5.74) is 3.30. The third-order valence-electron chi connectivity index (χ3n) is 2.37. The highest BCUT2D eigenvalue weighted by molar-refractivity contribution is 5.31. The lowest BCUT2D eigenvalue weighted by atomic mass is 9.85. The van der Waals surface area contributed by atoms with Crippen LogP contribution in [-0.4, -0.2) is 10.1 Å². The van der Waals surface area contributed by atoms with Gasteiger partial charge in [-0.2, -0.15) is 0 Å². The predicted molar refractivity (Wildman–Crippen MR) is 58.3 cm³/mol. The number of rotatable bonds is 1. The minimum absolute atomic E-state index is 0.119. The van der Waals surface area contributed by atoms with Crippen LogP contribution in [0.25, 0.3) is 0 Å². The molecule has 0 aliphatic rings. The van der Waals surface area contributed by atoms with Gasteiger partial charge in [0.2, 0.25) is 0 Å². The summed E-state index contributed by atoms with van der Waals surface area (Å²) < 4.78 is 0. The molecule has 1 atom stereocenters. The van der Waals surface area contributed by atoms with Gasteiger partial charge in [-0.3, -0.25) is 4.98 Å². The van der Waals surface area contributed by atoms with E-state index in [9.17, 15) is 5.11 Å². The van der Waals surface area contributed by atoms with E-state index in [-0.39, 0.29) is 5.41 Å². The summed E-state index contributed by atoms with van der Waals surface area (Å²) in [4.78, 5) is 4.26. The van der Waals surface area contributed by atoms with Gasteiger partial charge in [-0.25, -0.2) is 0 Å². The Morgan fingerprint density at radius 1 is 1.36 bits per heavy atom. The van der Waals surface area contributed by atoms with E-state index in [0.717, 1.165) is 5.69 Å². The summed E-state index contributed by atoms with van der Waals surface area (Å²) in [6.45, 7) is 10.3. The maximum absolute atomic E-state index is 9.38. The van der Waals surface area contributed by atoms with E-state index in [2.05, 4.69) is 32.7 Å². The van der Waals surface area contributed by atoms with Crippen molar-refractivity contribution in [3.63, 3.8) is 0 Å². The predicted octanol–water partition coefficient (Wildman–Crippen LogP) is 2.74. The molecule has 0 radical (unpaired) electrons. The van der Waals surface area contributed by atoms with Crippen LogP contribution < -0.4 is 0 Å². The normalized spacial score (nSPS) is 14.1. The van der Waals surface area contributed by atoms with E-state index in [0.29, 0.717) is 0 Å². The summed E-state index contributed by atoms with van der Waals surface area (Å²) in [7, 11) is 0. The molecule has 2 heteroatoms. The van der Waals surface area contributed by atoms with E-state index >= 15 is 0 Å². The molecule has 0 aromatic carbocycles. The smallest absolute Gasteiger partial charge is 0.0931 e. The van der Waals surface area contributed by atoms with Crippen LogP contribution in [0.2, 0.25) is 0 Å². The maximum Gasteiger partial charge on any atom is 0.0931 e. The van der Waals surface area contributed by atoms with E-state index in [1.165, 1.54) is 11.1 Å². The summed E-state index contributed by atoms with van der Waals surface area (Å²) in [6.07, 6.45) is 1.39. The van der Waals surface area contributed by atoms with Crippen LogP contribution in [0, 0.1) is 6.92 Å². The molecule has 0 amide bonds. The van der Waals surface area contributed by atoms with Gasteiger partial charge in [-0.15, -0.1) is 0 Å². The van der Waals surface area contributed by atoms with Crippen LogP contribution in [0.4, 0.5) is 0 Å². The molecular formula is C12H19NO. The first kappa shape index (κ1) is 11.2. The number of pyridine rings is 1. The molecular weight excluding hydrogens is 174 g/mol. The van der Waals surface area contributed by atoms with Crippen LogP contribution in [0.15, 0.2) is 12.3 Å². The lowest BCUT2D eigenvalue weighted by molar-refractivity contribution is 0.194. The van der Waals surface area contributed by atoms with Gasteiger partial charge in [-0.1, -0.05) is 20.8 Å². The summed E-state index contributed by atoms with van der Waals surface area (Å²) >= 11 is 0. The molecule has 1 rings (SSSR count). The number of nitrogens with zero attached hydrogens (tertiary/aromatic N) is 1. The highest BCUT2D eigenvalue weighted by Crippen LogP contribution is 2.26. The fourth-order valence-corrected chi connectivity index (χ4v) is 1.59. The van der Waals surface area contributed by atoms with Gasteiger partial charge in [0.1, 0.15) is 0 Å². The number of hydrogen-bond acceptors (Lipinski definition) is 2. The largest absolute Gasteiger partial charge is 0.387 e. The Morgan fingerprint density at radius 3 is 2.29 bits per heavy atom. The van der Waals surface area contributed by atoms with Gasteiger partial charge in [0.15, 0.2) is 0 Å². The Hall–Kier alpha value is -0.890. The summed E-state index contributed by atoms with van der Waals surface area (Å²) in [6, 6.07) is 1.96. The Labute approximate surface area is 86.0 Å². The zero-order valence-electron chi connectivity index (χ0n) is 9.63. The first-order valence-electron chi connectivity index (χ1n) is 4.97. The second-order valence-electron chi connectivity index (χ2n) is 4.85. The number of aryl methyl sites for hydroxylation is 1. The Kier molecular flexibility index (Phi) is 2.95. The van der Waals surface area contributed by atoms with Gasteiger partial charge >= 0.3 is 0 Å². The quantitative estimate of drug-likeness (QED) is 0.744. The van der Waals surface area contributed by atoms with E-state index in [1.54, 1.807) is 6.92 Å².